The van der Waals surface area contributed by atoms with Crippen LogP contribution in [0.3, 0.4) is 0 Å². The maximum Gasteiger partial charge on any atom is 0.275 e. The Kier molecular flexibility index (Phi) is 6.68. The van der Waals surface area contributed by atoms with Crippen LogP contribution in [0.4, 0.5) is 11.4 Å². The Balaban J connectivity index is 1.83. The van der Waals surface area contributed by atoms with Crippen LogP contribution in [-0.2, 0) is 4.79 Å². The molecule has 0 aliphatic carbocycles. The molecule has 2 aromatic carbocycles. The fourth-order valence-corrected chi connectivity index (χ4v) is 3.65. The number of anilines is 2. The fraction of sp³-hybridized carbons (Fsp3) is 0.227. The molecule has 3 rings (SSSR count). The van der Waals surface area contributed by atoms with Crippen molar-refractivity contribution in [2.75, 3.05) is 24.9 Å². The molecule has 0 saturated heterocycles. The Bertz CT molecular complexity index is 1080. The van der Waals surface area contributed by atoms with Crippen LogP contribution in [0.2, 0.25) is 0 Å². The molecular weight excluding hydrogens is 402 g/mol. The van der Waals surface area contributed by atoms with Gasteiger partial charge in [-0.1, -0.05) is 19.1 Å². The van der Waals surface area contributed by atoms with Crippen molar-refractivity contribution in [3.8, 4) is 22.1 Å². The highest BCUT2D eigenvalue weighted by Gasteiger charge is 2.18. The minimum Gasteiger partial charge on any atom is -0.493 e. The molecular formula is C22H23N3O4S. The van der Waals surface area contributed by atoms with Crippen molar-refractivity contribution in [3.05, 3.63) is 53.0 Å². The number of benzene rings is 2. The number of aryl methyl sites for hydroxylation is 1. The van der Waals surface area contributed by atoms with Gasteiger partial charge in [-0.05, 0) is 36.8 Å². The summed E-state index contributed by atoms with van der Waals surface area (Å²) in [6, 6.07) is 10.9. The van der Waals surface area contributed by atoms with Crippen molar-refractivity contribution in [2.45, 2.75) is 20.3 Å². The monoisotopic (exact) mass is 425 g/mol. The molecule has 8 heteroatoms. The lowest BCUT2D eigenvalue weighted by Crippen LogP contribution is -2.14. The van der Waals surface area contributed by atoms with Crippen LogP contribution in [0.5, 0.6) is 11.5 Å². The number of carbonyl (C=O) groups excluding carboxylic acids is 2. The number of hydrogen-bond acceptors (Lipinski definition) is 6. The standard InChI is InChI=1S/C22H23N3O4S/c1-5-19(26)23-14-10-9-13(2)16(11-14)24-21(27)17-12-30-22(25-17)15-7-6-8-18(28-3)20(15)29-4/h6-12H,5H2,1-4H3,(H,23,26)(H,24,27). The predicted molar refractivity (Wildman–Crippen MR) is 119 cm³/mol. The van der Waals surface area contributed by atoms with E-state index in [0.717, 1.165) is 11.1 Å². The normalized spacial score (nSPS) is 10.4. The number of nitrogens with zero attached hydrogens (tertiary/aromatic N) is 1. The molecule has 0 unspecified atom stereocenters. The van der Waals surface area contributed by atoms with E-state index < -0.39 is 0 Å². The van der Waals surface area contributed by atoms with E-state index >= 15 is 0 Å². The summed E-state index contributed by atoms with van der Waals surface area (Å²) in [7, 11) is 3.14. The van der Waals surface area contributed by atoms with E-state index in [9.17, 15) is 9.59 Å². The van der Waals surface area contributed by atoms with E-state index in [2.05, 4.69) is 15.6 Å². The van der Waals surface area contributed by atoms with Gasteiger partial charge < -0.3 is 20.1 Å². The molecule has 1 aromatic heterocycles. The van der Waals surface area contributed by atoms with E-state index in [1.54, 1.807) is 44.7 Å². The Labute approximate surface area is 179 Å². The number of nitrogens with one attached hydrogen (secondary N) is 2. The number of hydrogen-bond donors (Lipinski definition) is 2. The molecule has 2 amide bonds. The van der Waals surface area contributed by atoms with E-state index in [0.29, 0.717) is 40.0 Å². The third kappa shape index (κ3) is 4.60. The quantitative estimate of drug-likeness (QED) is 0.571. The van der Waals surface area contributed by atoms with Crippen LogP contribution >= 0.6 is 11.3 Å². The fourth-order valence-electron chi connectivity index (χ4n) is 2.83. The summed E-state index contributed by atoms with van der Waals surface area (Å²) in [6.45, 7) is 3.66. The maximum atomic E-state index is 12.8. The molecule has 0 radical (unpaired) electrons. The average Bonchev–Trinajstić information content (AvgIpc) is 3.25. The van der Waals surface area contributed by atoms with Crippen LogP contribution in [0.1, 0.15) is 29.4 Å². The van der Waals surface area contributed by atoms with Crippen molar-refractivity contribution in [3.63, 3.8) is 0 Å². The SMILES string of the molecule is CCC(=O)Nc1ccc(C)c(NC(=O)c2csc(-c3cccc(OC)c3OC)n2)c1. The van der Waals surface area contributed by atoms with Gasteiger partial charge in [0.05, 0.1) is 19.8 Å². The van der Waals surface area contributed by atoms with Crippen molar-refractivity contribution in [2.24, 2.45) is 0 Å². The molecule has 156 valence electrons. The highest BCUT2D eigenvalue weighted by atomic mass is 32.1. The number of rotatable bonds is 7. The van der Waals surface area contributed by atoms with Crippen molar-refractivity contribution in [1.82, 2.24) is 4.98 Å². The number of para-hydroxylation sites is 1. The third-order valence-corrected chi connectivity index (χ3v) is 5.34. The number of methoxy groups -OCH3 is 2. The third-order valence-electron chi connectivity index (χ3n) is 4.46. The molecule has 0 fully saturated rings. The van der Waals surface area contributed by atoms with Gasteiger partial charge in [0.15, 0.2) is 11.5 Å². The number of carbonyl (C=O) groups is 2. The minimum atomic E-state index is -0.332. The van der Waals surface area contributed by atoms with Gasteiger partial charge in [-0.15, -0.1) is 11.3 Å². The molecule has 1 heterocycles. The van der Waals surface area contributed by atoms with Gasteiger partial charge >= 0.3 is 0 Å². The lowest BCUT2D eigenvalue weighted by atomic mass is 10.1. The average molecular weight is 426 g/mol. The first kappa shape index (κ1) is 21.3. The van der Waals surface area contributed by atoms with E-state index in [-0.39, 0.29) is 11.8 Å². The summed E-state index contributed by atoms with van der Waals surface area (Å²) < 4.78 is 10.8. The topological polar surface area (TPSA) is 89.6 Å². The maximum absolute atomic E-state index is 12.8. The van der Waals surface area contributed by atoms with E-state index in [4.69, 9.17) is 9.47 Å². The molecule has 0 aliphatic heterocycles. The number of aromatic nitrogens is 1. The van der Waals surface area contributed by atoms with Crippen molar-refractivity contribution >= 4 is 34.5 Å². The van der Waals surface area contributed by atoms with Gasteiger partial charge in [-0.25, -0.2) is 4.98 Å². The number of ether oxygens (including phenoxy) is 2. The molecule has 2 N–H and O–H groups in total. The summed E-state index contributed by atoms with van der Waals surface area (Å²) in [6.07, 6.45) is 0.380. The zero-order chi connectivity index (χ0) is 21.7. The van der Waals surface area contributed by atoms with E-state index in [1.807, 2.05) is 25.1 Å². The minimum absolute atomic E-state index is 0.0903. The molecule has 0 saturated carbocycles. The Hall–Kier alpha value is -3.39. The van der Waals surface area contributed by atoms with Crippen LogP contribution < -0.4 is 20.1 Å². The zero-order valence-electron chi connectivity index (χ0n) is 17.2. The first-order valence-electron chi connectivity index (χ1n) is 9.35. The molecule has 0 bridgehead atoms. The van der Waals surface area contributed by atoms with Gasteiger partial charge in [0.1, 0.15) is 10.7 Å². The smallest absolute Gasteiger partial charge is 0.275 e. The lowest BCUT2D eigenvalue weighted by Gasteiger charge is -2.11. The molecule has 7 nitrogen and oxygen atoms in total. The Morgan fingerprint density at radius 3 is 2.60 bits per heavy atom. The van der Waals surface area contributed by atoms with Gasteiger partial charge in [0, 0.05) is 23.2 Å². The highest BCUT2D eigenvalue weighted by Crippen LogP contribution is 2.39. The van der Waals surface area contributed by atoms with Crippen molar-refractivity contribution < 1.29 is 19.1 Å². The summed E-state index contributed by atoms with van der Waals surface area (Å²) in [4.78, 5) is 28.9. The molecule has 30 heavy (non-hydrogen) atoms. The second kappa shape index (κ2) is 9.41. The first-order chi connectivity index (χ1) is 14.5. The van der Waals surface area contributed by atoms with Gasteiger partial charge in [-0.2, -0.15) is 0 Å². The summed E-state index contributed by atoms with van der Waals surface area (Å²) in [5.74, 6) is 0.739. The second-order valence-electron chi connectivity index (χ2n) is 6.46. The van der Waals surface area contributed by atoms with Gasteiger partial charge in [0.25, 0.3) is 5.91 Å². The summed E-state index contributed by atoms with van der Waals surface area (Å²) in [5, 5.41) is 8.01. The predicted octanol–water partition coefficient (Wildman–Crippen LogP) is 4.74. The lowest BCUT2D eigenvalue weighted by molar-refractivity contribution is -0.115. The largest absolute Gasteiger partial charge is 0.493 e. The van der Waals surface area contributed by atoms with Crippen LogP contribution in [0.15, 0.2) is 41.8 Å². The molecule has 0 spiro atoms. The van der Waals surface area contributed by atoms with Gasteiger partial charge in [-0.3, -0.25) is 9.59 Å². The zero-order valence-corrected chi connectivity index (χ0v) is 18.1. The summed E-state index contributed by atoms with van der Waals surface area (Å²) in [5.41, 5.74) is 3.16. The van der Waals surface area contributed by atoms with Crippen LogP contribution in [0.25, 0.3) is 10.6 Å². The van der Waals surface area contributed by atoms with Crippen molar-refractivity contribution in [1.29, 1.82) is 0 Å². The number of amides is 2. The highest BCUT2D eigenvalue weighted by molar-refractivity contribution is 7.13. The number of thiazole rings is 1. The van der Waals surface area contributed by atoms with Crippen LogP contribution in [0, 0.1) is 6.92 Å². The first-order valence-corrected chi connectivity index (χ1v) is 10.2. The Morgan fingerprint density at radius 1 is 1.10 bits per heavy atom. The second-order valence-corrected chi connectivity index (χ2v) is 7.32. The van der Waals surface area contributed by atoms with Crippen LogP contribution in [-0.4, -0.2) is 31.0 Å². The summed E-state index contributed by atoms with van der Waals surface area (Å²) >= 11 is 1.34. The van der Waals surface area contributed by atoms with Gasteiger partial charge in [0.2, 0.25) is 5.91 Å². The molecule has 0 atom stereocenters. The molecule has 0 aliphatic rings. The van der Waals surface area contributed by atoms with E-state index in [1.165, 1.54) is 11.3 Å². The Morgan fingerprint density at radius 2 is 1.90 bits per heavy atom. The molecule has 3 aromatic rings.